The number of hydrogen-bond acceptors (Lipinski definition) is 4. The Labute approximate surface area is 190 Å². The molecule has 168 valence electrons. The number of carbonyl (C=O) groups is 1. The predicted octanol–water partition coefficient (Wildman–Crippen LogP) is 3.07. The third-order valence-corrected chi connectivity index (χ3v) is 6.60. The van der Waals surface area contributed by atoms with Gasteiger partial charge >= 0.3 is 0 Å². The minimum Gasteiger partial charge on any atom is -0.356 e. The Morgan fingerprint density at radius 2 is 2.00 bits per heavy atom. The van der Waals surface area contributed by atoms with E-state index in [-0.39, 0.29) is 5.91 Å². The molecule has 7 heteroatoms. The monoisotopic (exact) mass is 441 g/mol. The number of guanidine groups is 1. The van der Waals surface area contributed by atoms with Gasteiger partial charge in [0.15, 0.2) is 5.96 Å². The lowest BCUT2D eigenvalue weighted by molar-refractivity contribution is 0.0827. The van der Waals surface area contributed by atoms with E-state index < -0.39 is 0 Å². The Kier molecular flexibility index (Phi) is 8.91. The van der Waals surface area contributed by atoms with Gasteiger partial charge < -0.3 is 15.5 Å². The molecular formula is C24H35N5OS. The number of aliphatic imine (C=N–C) groups is 1. The third-order valence-electron chi connectivity index (χ3n) is 5.73. The number of amides is 1. The fourth-order valence-electron chi connectivity index (χ4n) is 3.88. The summed E-state index contributed by atoms with van der Waals surface area (Å²) in [7, 11) is 5.37. The van der Waals surface area contributed by atoms with Crippen molar-refractivity contribution < 1.29 is 4.79 Å². The van der Waals surface area contributed by atoms with Crippen LogP contribution in [0.1, 0.15) is 33.6 Å². The molecule has 0 saturated carbocycles. The number of hydrogen-bond donors (Lipinski definition) is 2. The molecule has 2 heterocycles. The molecule has 31 heavy (non-hydrogen) atoms. The summed E-state index contributed by atoms with van der Waals surface area (Å²) in [6.45, 7) is 5.15. The summed E-state index contributed by atoms with van der Waals surface area (Å²) in [5.74, 6) is 1.57. The van der Waals surface area contributed by atoms with Crippen molar-refractivity contribution in [3.63, 3.8) is 0 Å². The van der Waals surface area contributed by atoms with Gasteiger partial charge in [-0.3, -0.25) is 14.7 Å². The average Bonchev–Trinajstić information content (AvgIpc) is 3.29. The quantitative estimate of drug-likeness (QED) is 0.488. The van der Waals surface area contributed by atoms with E-state index in [2.05, 4.69) is 44.1 Å². The number of rotatable bonds is 8. The molecule has 1 fully saturated rings. The molecule has 1 aromatic carbocycles. The lowest BCUT2D eigenvalue weighted by Crippen LogP contribution is -2.43. The van der Waals surface area contributed by atoms with Crippen LogP contribution in [0.25, 0.3) is 0 Å². The molecule has 1 aliphatic rings. The first-order chi connectivity index (χ1) is 15.0. The highest BCUT2D eigenvalue weighted by atomic mass is 32.1. The van der Waals surface area contributed by atoms with Crippen LogP contribution >= 0.6 is 11.3 Å². The van der Waals surface area contributed by atoms with Gasteiger partial charge in [-0.2, -0.15) is 0 Å². The smallest absolute Gasteiger partial charge is 0.253 e. The number of likely N-dealkylation sites (tertiary alicyclic amines) is 1. The number of nitrogens with one attached hydrogen (secondary N) is 2. The molecule has 2 N–H and O–H groups in total. The van der Waals surface area contributed by atoms with Crippen LogP contribution < -0.4 is 10.6 Å². The standard InChI is InChI=1S/C24H35N5OS/c1-25-24(26-12-9-19-6-4-7-21(16-19)23(30)28(2)3)27-17-20-10-13-29(14-11-20)18-22-8-5-15-31-22/h4-8,15-16,20H,9-14,17-18H2,1-3H3,(H2,25,26,27). The largest absolute Gasteiger partial charge is 0.356 e. The van der Waals surface area contributed by atoms with Crippen molar-refractivity contribution in [3.05, 3.63) is 57.8 Å². The van der Waals surface area contributed by atoms with Crippen LogP contribution in [0.15, 0.2) is 46.8 Å². The second-order valence-electron chi connectivity index (χ2n) is 8.33. The van der Waals surface area contributed by atoms with Gasteiger partial charge in [0, 0.05) is 51.2 Å². The fraction of sp³-hybridized carbons (Fsp3) is 0.500. The number of nitrogens with zero attached hydrogens (tertiary/aromatic N) is 3. The summed E-state index contributed by atoms with van der Waals surface area (Å²) < 4.78 is 0. The van der Waals surface area contributed by atoms with Crippen LogP contribution in [-0.2, 0) is 13.0 Å². The van der Waals surface area contributed by atoms with E-state index in [0.717, 1.165) is 56.2 Å². The van der Waals surface area contributed by atoms with Crippen molar-refractivity contribution in [2.24, 2.45) is 10.9 Å². The van der Waals surface area contributed by atoms with Crippen LogP contribution in [0.3, 0.4) is 0 Å². The summed E-state index contributed by atoms with van der Waals surface area (Å²) >= 11 is 1.85. The summed E-state index contributed by atoms with van der Waals surface area (Å²) in [6.07, 6.45) is 3.29. The Bertz CT molecular complexity index is 841. The molecule has 0 aliphatic carbocycles. The Morgan fingerprint density at radius 1 is 1.19 bits per heavy atom. The number of benzene rings is 1. The van der Waals surface area contributed by atoms with Crippen molar-refractivity contribution in [2.75, 3.05) is 47.3 Å². The summed E-state index contributed by atoms with van der Waals surface area (Å²) in [4.78, 5) is 22.1. The normalized spacial score (nSPS) is 15.6. The summed E-state index contributed by atoms with van der Waals surface area (Å²) in [5.41, 5.74) is 1.88. The predicted molar refractivity (Wildman–Crippen MR) is 130 cm³/mol. The fourth-order valence-corrected chi connectivity index (χ4v) is 4.62. The number of carbonyl (C=O) groups excluding carboxylic acids is 1. The van der Waals surface area contributed by atoms with E-state index in [1.54, 1.807) is 19.0 Å². The van der Waals surface area contributed by atoms with Crippen molar-refractivity contribution in [2.45, 2.75) is 25.8 Å². The molecule has 0 spiro atoms. The van der Waals surface area contributed by atoms with E-state index in [1.807, 2.05) is 36.6 Å². The van der Waals surface area contributed by atoms with E-state index in [4.69, 9.17) is 0 Å². The van der Waals surface area contributed by atoms with Crippen molar-refractivity contribution in [1.82, 2.24) is 20.4 Å². The molecule has 0 atom stereocenters. The molecule has 2 aromatic rings. The average molecular weight is 442 g/mol. The zero-order valence-electron chi connectivity index (χ0n) is 18.9. The second kappa shape index (κ2) is 11.9. The minimum atomic E-state index is 0.0359. The van der Waals surface area contributed by atoms with Gasteiger partial charge in [-0.05, 0) is 67.4 Å². The van der Waals surface area contributed by atoms with Crippen molar-refractivity contribution in [3.8, 4) is 0 Å². The lowest BCUT2D eigenvalue weighted by atomic mass is 9.97. The van der Waals surface area contributed by atoms with Crippen LogP contribution in [0.5, 0.6) is 0 Å². The maximum Gasteiger partial charge on any atom is 0.253 e. The van der Waals surface area contributed by atoms with Crippen molar-refractivity contribution in [1.29, 1.82) is 0 Å². The van der Waals surface area contributed by atoms with E-state index >= 15 is 0 Å². The van der Waals surface area contributed by atoms with Crippen LogP contribution in [-0.4, -0.2) is 69.0 Å². The van der Waals surface area contributed by atoms with Gasteiger partial charge in [0.05, 0.1) is 0 Å². The van der Waals surface area contributed by atoms with Crippen molar-refractivity contribution >= 4 is 23.2 Å². The van der Waals surface area contributed by atoms with Gasteiger partial charge in [-0.25, -0.2) is 0 Å². The minimum absolute atomic E-state index is 0.0359. The molecule has 0 radical (unpaired) electrons. The van der Waals surface area contributed by atoms with Gasteiger partial charge in [-0.15, -0.1) is 11.3 Å². The van der Waals surface area contributed by atoms with Crippen LogP contribution in [0, 0.1) is 5.92 Å². The molecule has 0 bridgehead atoms. The van der Waals surface area contributed by atoms with Gasteiger partial charge in [0.1, 0.15) is 0 Å². The van der Waals surface area contributed by atoms with Crippen LogP contribution in [0.4, 0.5) is 0 Å². The van der Waals surface area contributed by atoms with Crippen LogP contribution in [0.2, 0.25) is 0 Å². The van der Waals surface area contributed by atoms with E-state index in [0.29, 0.717) is 5.92 Å². The van der Waals surface area contributed by atoms with Gasteiger partial charge in [0.2, 0.25) is 0 Å². The molecule has 3 rings (SSSR count). The molecule has 1 amide bonds. The first-order valence-electron chi connectivity index (χ1n) is 11.0. The zero-order valence-corrected chi connectivity index (χ0v) is 19.8. The Hall–Kier alpha value is -2.38. The highest BCUT2D eigenvalue weighted by Gasteiger charge is 2.19. The third kappa shape index (κ3) is 7.36. The van der Waals surface area contributed by atoms with Gasteiger partial charge in [0.25, 0.3) is 5.91 Å². The molecule has 1 saturated heterocycles. The number of piperidine rings is 1. The zero-order chi connectivity index (χ0) is 22.1. The molecule has 1 aliphatic heterocycles. The number of thiophene rings is 1. The molecule has 0 unspecified atom stereocenters. The highest BCUT2D eigenvalue weighted by Crippen LogP contribution is 2.20. The van der Waals surface area contributed by atoms with E-state index in [1.165, 1.54) is 17.7 Å². The maximum atomic E-state index is 12.1. The summed E-state index contributed by atoms with van der Waals surface area (Å²) in [6, 6.07) is 12.2. The van der Waals surface area contributed by atoms with Gasteiger partial charge in [-0.1, -0.05) is 18.2 Å². The molecule has 6 nitrogen and oxygen atoms in total. The topological polar surface area (TPSA) is 60.0 Å². The SMILES string of the molecule is CN=C(NCCc1cccc(C(=O)N(C)C)c1)NCC1CCN(Cc2cccs2)CC1. The maximum absolute atomic E-state index is 12.1. The summed E-state index contributed by atoms with van der Waals surface area (Å²) in [5, 5.41) is 9.05. The first-order valence-corrected chi connectivity index (χ1v) is 11.9. The molecule has 1 aromatic heterocycles. The Balaban J connectivity index is 1.36. The lowest BCUT2D eigenvalue weighted by Gasteiger charge is -2.32. The first kappa shape index (κ1) is 23.3. The van der Waals surface area contributed by atoms with E-state index in [9.17, 15) is 4.79 Å². The molecular weight excluding hydrogens is 406 g/mol. The Morgan fingerprint density at radius 3 is 2.68 bits per heavy atom. The second-order valence-corrected chi connectivity index (χ2v) is 9.36. The highest BCUT2D eigenvalue weighted by molar-refractivity contribution is 7.09.